The highest BCUT2D eigenvalue weighted by Gasteiger charge is 1.83. The minimum Gasteiger partial charge on any atom is -0.382 e. The minimum absolute atomic E-state index is 0.814. The SMILES string of the molecule is C=CCCCOCC[Si]. The maximum atomic E-state index is 5.19. The van der Waals surface area contributed by atoms with E-state index < -0.39 is 0 Å². The molecule has 0 aromatic carbocycles. The van der Waals surface area contributed by atoms with Gasteiger partial charge in [-0.05, 0) is 18.9 Å². The molecule has 0 spiro atoms. The molecule has 0 bridgehead atoms. The molecule has 3 radical (unpaired) electrons. The van der Waals surface area contributed by atoms with E-state index in [4.69, 9.17) is 4.74 Å². The lowest BCUT2D eigenvalue weighted by Gasteiger charge is -1.98. The Morgan fingerprint density at radius 2 is 2.22 bits per heavy atom. The van der Waals surface area contributed by atoms with Crippen LogP contribution in [0.1, 0.15) is 12.8 Å². The van der Waals surface area contributed by atoms with Crippen LogP contribution in [0.2, 0.25) is 6.04 Å². The van der Waals surface area contributed by atoms with Crippen molar-refractivity contribution in [1.29, 1.82) is 0 Å². The quantitative estimate of drug-likeness (QED) is 0.310. The third-order valence-electron chi connectivity index (χ3n) is 0.943. The number of hydrogen-bond donors (Lipinski definition) is 0. The maximum Gasteiger partial charge on any atom is 0.0468 e. The molecule has 0 fully saturated rings. The molecule has 0 amide bonds. The van der Waals surface area contributed by atoms with E-state index in [1.807, 2.05) is 6.08 Å². The zero-order valence-electron chi connectivity index (χ0n) is 5.73. The van der Waals surface area contributed by atoms with Crippen molar-refractivity contribution in [1.82, 2.24) is 0 Å². The zero-order chi connectivity index (χ0) is 6.95. The van der Waals surface area contributed by atoms with Crippen molar-refractivity contribution in [2.24, 2.45) is 0 Å². The molecule has 0 aromatic rings. The Bertz CT molecular complexity index is 63.9. The van der Waals surface area contributed by atoms with Gasteiger partial charge in [-0.15, -0.1) is 6.58 Å². The van der Waals surface area contributed by atoms with Crippen LogP contribution in [0.15, 0.2) is 12.7 Å². The highest BCUT2D eigenvalue weighted by atomic mass is 28.1. The first-order valence-electron chi connectivity index (χ1n) is 3.25. The van der Waals surface area contributed by atoms with Gasteiger partial charge in [0.1, 0.15) is 0 Å². The van der Waals surface area contributed by atoms with Gasteiger partial charge in [-0.2, -0.15) is 0 Å². The molecule has 0 aliphatic heterocycles. The normalized spacial score (nSPS) is 9.44. The summed E-state index contributed by atoms with van der Waals surface area (Å²) in [6.45, 7) is 5.28. The van der Waals surface area contributed by atoms with E-state index in [2.05, 4.69) is 16.8 Å². The van der Waals surface area contributed by atoms with Crippen LogP contribution in [0.3, 0.4) is 0 Å². The van der Waals surface area contributed by atoms with Gasteiger partial charge in [0.05, 0.1) is 0 Å². The fourth-order valence-corrected chi connectivity index (χ4v) is 0.648. The van der Waals surface area contributed by atoms with E-state index in [1.54, 1.807) is 0 Å². The Morgan fingerprint density at radius 1 is 1.44 bits per heavy atom. The lowest BCUT2D eigenvalue weighted by Crippen LogP contribution is -1.94. The fraction of sp³-hybridized carbons (Fsp3) is 0.714. The van der Waals surface area contributed by atoms with Gasteiger partial charge >= 0.3 is 0 Å². The second-order valence-corrected chi connectivity index (χ2v) is 2.29. The highest BCUT2D eigenvalue weighted by Crippen LogP contribution is 1.90. The molecule has 0 unspecified atom stereocenters. The molecule has 0 N–H and O–H groups in total. The van der Waals surface area contributed by atoms with Gasteiger partial charge in [0.2, 0.25) is 0 Å². The predicted molar refractivity (Wildman–Crippen MR) is 40.8 cm³/mol. The predicted octanol–water partition coefficient (Wildman–Crippen LogP) is 1.56. The molecule has 0 aliphatic carbocycles. The number of unbranched alkanes of at least 4 members (excludes halogenated alkanes) is 1. The fourth-order valence-electron chi connectivity index (χ4n) is 0.504. The highest BCUT2D eigenvalue weighted by molar-refractivity contribution is 6.08. The van der Waals surface area contributed by atoms with Crippen LogP contribution in [0.25, 0.3) is 0 Å². The first-order valence-corrected chi connectivity index (χ1v) is 3.95. The number of rotatable bonds is 6. The van der Waals surface area contributed by atoms with Crippen molar-refractivity contribution in [3.63, 3.8) is 0 Å². The van der Waals surface area contributed by atoms with Gasteiger partial charge in [-0.3, -0.25) is 0 Å². The molecule has 0 atom stereocenters. The summed E-state index contributed by atoms with van der Waals surface area (Å²) in [5.41, 5.74) is 0. The summed E-state index contributed by atoms with van der Waals surface area (Å²) < 4.78 is 5.19. The molecule has 51 valence electrons. The molecule has 9 heavy (non-hydrogen) atoms. The molecule has 0 saturated heterocycles. The molecule has 0 aromatic heterocycles. The van der Waals surface area contributed by atoms with Crippen LogP contribution in [0, 0.1) is 0 Å². The van der Waals surface area contributed by atoms with Crippen LogP contribution >= 0.6 is 0 Å². The van der Waals surface area contributed by atoms with Crippen molar-refractivity contribution < 1.29 is 4.74 Å². The average molecular weight is 141 g/mol. The number of hydrogen-bond acceptors (Lipinski definition) is 1. The topological polar surface area (TPSA) is 9.23 Å². The first-order chi connectivity index (χ1) is 4.41. The number of ether oxygens (including phenoxy) is 1. The monoisotopic (exact) mass is 141 g/mol. The third kappa shape index (κ3) is 7.92. The molecule has 1 nitrogen and oxygen atoms in total. The summed E-state index contributed by atoms with van der Waals surface area (Å²) >= 11 is 0. The Balaban J connectivity index is 2.66. The Kier molecular flexibility index (Phi) is 7.84. The van der Waals surface area contributed by atoms with Gasteiger partial charge in [-0.1, -0.05) is 6.08 Å². The van der Waals surface area contributed by atoms with Crippen LogP contribution in [0.4, 0.5) is 0 Å². The maximum absolute atomic E-state index is 5.19. The van der Waals surface area contributed by atoms with E-state index in [9.17, 15) is 0 Å². The average Bonchev–Trinajstić information content (AvgIpc) is 1.89. The van der Waals surface area contributed by atoms with Gasteiger partial charge in [0.25, 0.3) is 0 Å². The molecular formula is C7H13OSi. The second-order valence-electron chi connectivity index (χ2n) is 1.79. The second kappa shape index (κ2) is 7.92. The number of allylic oxidation sites excluding steroid dienone is 1. The van der Waals surface area contributed by atoms with Crippen LogP contribution in [0.5, 0.6) is 0 Å². The van der Waals surface area contributed by atoms with Crippen molar-refractivity contribution >= 4 is 10.2 Å². The Morgan fingerprint density at radius 3 is 2.78 bits per heavy atom. The lowest BCUT2D eigenvalue weighted by molar-refractivity contribution is 0.146. The third-order valence-corrected chi connectivity index (χ3v) is 1.15. The van der Waals surface area contributed by atoms with Gasteiger partial charge < -0.3 is 4.74 Å². The lowest BCUT2D eigenvalue weighted by atomic mass is 10.3. The summed E-state index contributed by atoms with van der Waals surface area (Å²) in [5.74, 6) is 0. The summed E-state index contributed by atoms with van der Waals surface area (Å²) in [7, 11) is 3.32. The molecule has 0 heterocycles. The molecule has 0 saturated carbocycles. The largest absolute Gasteiger partial charge is 0.382 e. The van der Waals surface area contributed by atoms with E-state index >= 15 is 0 Å². The smallest absolute Gasteiger partial charge is 0.0468 e. The first kappa shape index (κ1) is 8.92. The molecule has 0 aliphatic rings. The Labute approximate surface area is 60.5 Å². The van der Waals surface area contributed by atoms with E-state index in [1.165, 1.54) is 0 Å². The summed E-state index contributed by atoms with van der Waals surface area (Å²) in [4.78, 5) is 0. The molecule has 0 rings (SSSR count). The zero-order valence-corrected chi connectivity index (χ0v) is 6.73. The van der Waals surface area contributed by atoms with E-state index in [0.717, 1.165) is 32.1 Å². The minimum atomic E-state index is 0.814. The van der Waals surface area contributed by atoms with Crippen molar-refractivity contribution in [2.45, 2.75) is 18.9 Å². The van der Waals surface area contributed by atoms with Crippen molar-refractivity contribution in [3.8, 4) is 0 Å². The van der Waals surface area contributed by atoms with Crippen LogP contribution in [-0.2, 0) is 4.74 Å². The molecular weight excluding hydrogens is 128 g/mol. The van der Waals surface area contributed by atoms with Crippen LogP contribution < -0.4 is 0 Å². The van der Waals surface area contributed by atoms with Gasteiger partial charge in [0.15, 0.2) is 0 Å². The summed E-state index contributed by atoms with van der Waals surface area (Å²) in [5, 5.41) is 0. The van der Waals surface area contributed by atoms with Gasteiger partial charge in [0, 0.05) is 23.5 Å². The Hall–Kier alpha value is -0.0831. The van der Waals surface area contributed by atoms with Crippen molar-refractivity contribution in [3.05, 3.63) is 12.7 Å². The van der Waals surface area contributed by atoms with E-state index in [0.29, 0.717) is 0 Å². The van der Waals surface area contributed by atoms with Crippen LogP contribution in [-0.4, -0.2) is 23.5 Å². The summed E-state index contributed by atoms with van der Waals surface area (Å²) in [6.07, 6.45) is 4.06. The van der Waals surface area contributed by atoms with Crippen molar-refractivity contribution in [2.75, 3.05) is 13.2 Å². The molecule has 2 heteroatoms. The van der Waals surface area contributed by atoms with E-state index in [-0.39, 0.29) is 0 Å². The van der Waals surface area contributed by atoms with Gasteiger partial charge in [-0.25, -0.2) is 0 Å². The summed E-state index contributed by atoms with van der Waals surface area (Å²) in [6, 6.07) is 0.925. The standard InChI is InChI=1S/C7H13OSi/c1-2-3-4-5-8-6-7-9/h2H,1,3-7H2.